The Kier molecular flexibility index (Phi) is 5.75. The highest BCUT2D eigenvalue weighted by molar-refractivity contribution is 7.22. The molecule has 1 aromatic heterocycles. The fraction of sp³-hybridized carbons (Fsp3) is 0.120. The lowest BCUT2D eigenvalue weighted by Crippen LogP contribution is -2.46. The van der Waals surface area contributed by atoms with Crippen LogP contribution in [0.3, 0.4) is 0 Å². The molecule has 0 radical (unpaired) electrons. The van der Waals surface area contributed by atoms with Crippen LogP contribution < -0.4 is 10.2 Å². The van der Waals surface area contributed by atoms with Crippen molar-refractivity contribution < 1.29 is 28.6 Å². The van der Waals surface area contributed by atoms with E-state index in [1.807, 2.05) is 24.3 Å². The molecule has 2 N–H and O–H groups in total. The van der Waals surface area contributed by atoms with E-state index in [2.05, 4.69) is 10.3 Å². The molecule has 5 rings (SSSR count). The molecule has 0 saturated carbocycles. The van der Waals surface area contributed by atoms with Crippen molar-refractivity contribution in [1.29, 1.82) is 0 Å². The predicted octanol–water partition coefficient (Wildman–Crippen LogP) is 4.07. The molecule has 1 fully saturated rings. The summed E-state index contributed by atoms with van der Waals surface area (Å²) in [6.45, 7) is -0.238. The number of epoxide rings is 1. The number of ether oxygens (including phenoxy) is 1. The first kappa shape index (κ1) is 22.6. The molecule has 3 aromatic carbocycles. The maximum absolute atomic E-state index is 13.3. The number of nitrogens with zero attached hydrogens (tertiary/aromatic N) is 2. The topological polar surface area (TPSA) is 112 Å². The maximum Gasteiger partial charge on any atom is 0.348 e. The zero-order valence-electron chi connectivity index (χ0n) is 18.1. The molecule has 1 atom stereocenters. The van der Waals surface area contributed by atoms with Gasteiger partial charge in [-0.2, -0.15) is 0 Å². The monoisotopic (exact) mass is 491 g/mol. The summed E-state index contributed by atoms with van der Waals surface area (Å²) in [5.41, 5.74) is 0.138. The standard InChI is InChI=1S/C25H18FN3O5S/c26-17-9-5-15(6-10-17)13-29(22(31)25(14-34-25)23(32)33)18-11-7-16(8-12-18)21(30)28-24-27-19-3-1-2-4-20(19)35-24/h1-12H,13-14H2,(H,32,33)(H,27,28,30). The van der Waals surface area contributed by atoms with Crippen molar-refractivity contribution in [3.05, 3.63) is 89.7 Å². The molecule has 10 heteroatoms. The number of carboxylic acids is 1. The van der Waals surface area contributed by atoms with Crippen LogP contribution in [0.15, 0.2) is 72.8 Å². The molecule has 1 aliphatic heterocycles. The summed E-state index contributed by atoms with van der Waals surface area (Å²) >= 11 is 1.35. The van der Waals surface area contributed by atoms with Crippen molar-refractivity contribution in [2.45, 2.75) is 12.1 Å². The number of amides is 2. The molecule has 4 aromatic rings. The number of fused-ring (bicyclic) bond motifs is 1. The largest absolute Gasteiger partial charge is 0.479 e. The second kappa shape index (κ2) is 8.90. The Morgan fingerprint density at radius 3 is 2.37 bits per heavy atom. The number of halogens is 1. The van der Waals surface area contributed by atoms with Crippen LogP contribution in [0.5, 0.6) is 0 Å². The van der Waals surface area contributed by atoms with Gasteiger partial charge in [-0.3, -0.25) is 14.9 Å². The van der Waals surface area contributed by atoms with Gasteiger partial charge in [0.2, 0.25) is 0 Å². The molecule has 8 nitrogen and oxygen atoms in total. The molecule has 0 spiro atoms. The molecule has 2 amide bonds. The van der Waals surface area contributed by atoms with Crippen molar-refractivity contribution in [1.82, 2.24) is 4.98 Å². The van der Waals surface area contributed by atoms with E-state index >= 15 is 0 Å². The summed E-state index contributed by atoms with van der Waals surface area (Å²) < 4.78 is 19.3. The summed E-state index contributed by atoms with van der Waals surface area (Å²) in [4.78, 5) is 43.2. The highest BCUT2D eigenvalue weighted by Gasteiger charge is 2.61. The third-order valence-corrected chi connectivity index (χ3v) is 6.53. The first-order valence-electron chi connectivity index (χ1n) is 10.6. The molecule has 1 saturated heterocycles. The lowest BCUT2D eigenvalue weighted by Gasteiger charge is -2.25. The van der Waals surface area contributed by atoms with E-state index < -0.39 is 23.3 Å². The first-order valence-corrected chi connectivity index (χ1v) is 11.4. The van der Waals surface area contributed by atoms with Gasteiger partial charge >= 0.3 is 5.97 Å². The lowest BCUT2D eigenvalue weighted by molar-refractivity contribution is -0.148. The van der Waals surface area contributed by atoms with Gasteiger partial charge in [0.15, 0.2) is 5.13 Å². The van der Waals surface area contributed by atoms with Gasteiger partial charge in [-0.15, -0.1) is 0 Å². The zero-order valence-corrected chi connectivity index (χ0v) is 18.9. The lowest BCUT2D eigenvalue weighted by atomic mass is 10.1. The van der Waals surface area contributed by atoms with E-state index in [9.17, 15) is 23.9 Å². The summed E-state index contributed by atoms with van der Waals surface area (Å²) in [7, 11) is 0. The number of aliphatic carboxylic acids is 1. The molecule has 0 bridgehead atoms. The van der Waals surface area contributed by atoms with Gasteiger partial charge in [-0.05, 0) is 54.1 Å². The number of rotatable bonds is 7. The summed E-state index contributed by atoms with van der Waals surface area (Å²) in [5.74, 6) is -2.93. The minimum atomic E-state index is -1.94. The molecule has 176 valence electrons. The van der Waals surface area contributed by atoms with Gasteiger partial charge in [0.05, 0.1) is 23.4 Å². The molecule has 1 aliphatic rings. The SMILES string of the molecule is O=C(Nc1nc2ccccc2s1)c1ccc(N(Cc2ccc(F)cc2)C(=O)C2(C(=O)O)CO2)cc1. The Morgan fingerprint density at radius 1 is 1.06 bits per heavy atom. The Bertz CT molecular complexity index is 1400. The fourth-order valence-corrected chi connectivity index (χ4v) is 4.43. The van der Waals surface area contributed by atoms with Crippen LogP contribution in [-0.4, -0.2) is 40.1 Å². The molecule has 2 heterocycles. The number of thiazole rings is 1. The quantitative estimate of drug-likeness (QED) is 0.298. The Labute approximate surface area is 202 Å². The third kappa shape index (κ3) is 4.48. The van der Waals surface area contributed by atoms with Crippen LogP contribution in [0.4, 0.5) is 15.2 Å². The number of benzene rings is 3. The van der Waals surface area contributed by atoms with E-state index in [1.165, 1.54) is 52.6 Å². The van der Waals surface area contributed by atoms with Crippen LogP contribution in [0.25, 0.3) is 10.2 Å². The van der Waals surface area contributed by atoms with Gasteiger partial charge in [0.1, 0.15) is 5.82 Å². The minimum absolute atomic E-state index is 0.00521. The van der Waals surface area contributed by atoms with Crippen LogP contribution in [-0.2, 0) is 20.9 Å². The predicted molar refractivity (Wildman–Crippen MR) is 128 cm³/mol. The summed E-state index contributed by atoms with van der Waals surface area (Å²) in [6, 6.07) is 19.2. The molecular weight excluding hydrogens is 473 g/mol. The van der Waals surface area contributed by atoms with Crippen molar-refractivity contribution >= 4 is 50.2 Å². The van der Waals surface area contributed by atoms with Gasteiger partial charge in [0, 0.05) is 11.3 Å². The molecular formula is C25H18FN3O5S. The number of carbonyl (C=O) groups excluding carboxylic acids is 2. The number of aromatic nitrogens is 1. The van der Waals surface area contributed by atoms with E-state index in [0.717, 1.165) is 10.2 Å². The average Bonchev–Trinajstić information content (AvgIpc) is 3.58. The number of anilines is 2. The number of para-hydroxylation sites is 1. The Hall–Kier alpha value is -4.15. The van der Waals surface area contributed by atoms with E-state index in [4.69, 9.17) is 4.74 Å². The third-order valence-electron chi connectivity index (χ3n) is 5.58. The van der Waals surface area contributed by atoms with E-state index in [0.29, 0.717) is 21.9 Å². The van der Waals surface area contributed by atoms with E-state index in [-0.39, 0.29) is 19.1 Å². The zero-order chi connectivity index (χ0) is 24.6. The van der Waals surface area contributed by atoms with Crippen LogP contribution in [0.1, 0.15) is 15.9 Å². The Balaban J connectivity index is 1.38. The van der Waals surface area contributed by atoms with Gasteiger partial charge in [-0.1, -0.05) is 35.6 Å². The highest BCUT2D eigenvalue weighted by Crippen LogP contribution is 2.33. The van der Waals surface area contributed by atoms with Crippen molar-refractivity contribution in [3.8, 4) is 0 Å². The van der Waals surface area contributed by atoms with Crippen LogP contribution in [0.2, 0.25) is 0 Å². The first-order chi connectivity index (χ1) is 16.9. The fourth-order valence-electron chi connectivity index (χ4n) is 3.57. The maximum atomic E-state index is 13.3. The number of carboxylic acid groups (broad SMARTS) is 1. The van der Waals surface area contributed by atoms with E-state index in [1.54, 1.807) is 12.1 Å². The second-order valence-electron chi connectivity index (χ2n) is 7.93. The molecule has 35 heavy (non-hydrogen) atoms. The van der Waals surface area contributed by atoms with Crippen molar-refractivity contribution in [3.63, 3.8) is 0 Å². The number of carbonyl (C=O) groups is 3. The van der Waals surface area contributed by atoms with Crippen molar-refractivity contribution in [2.75, 3.05) is 16.8 Å². The molecule has 1 unspecified atom stereocenters. The number of hydrogen-bond acceptors (Lipinski definition) is 6. The van der Waals surface area contributed by atoms with Crippen molar-refractivity contribution in [2.24, 2.45) is 0 Å². The molecule has 0 aliphatic carbocycles. The smallest absolute Gasteiger partial charge is 0.348 e. The Morgan fingerprint density at radius 2 is 1.74 bits per heavy atom. The number of hydrogen-bond donors (Lipinski definition) is 2. The number of nitrogens with one attached hydrogen (secondary N) is 1. The summed E-state index contributed by atoms with van der Waals surface area (Å²) in [5, 5.41) is 12.7. The van der Waals surface area contributed by atoms with Gasteiger partial charge < -0.3 is 14.7 Å². The van der Waals surface area contributed by atoms with Crippen LogP contribution in [0, 0.1) is 5.82 Å². The minimum Gasteiger partial charge on any atom is -0.479 e. The van der Waals surface area contributed by atoms with Crippen LogP contribution >= 0.6 is 11.3 Å². The normalized spacial score (nSPS) is 16.6. The van der Waals surface area contributed by atoms with Gasteiger partial charge in [-0.25, -0.2) is 14.2 Å². The highest BCUT2D eigenvalue weighted by atomic mass is 32.1. The average molecular weight is 492 g/mol. The second-order valence-corrected chi connectivity index (χ2v) is 8.96. The van der Waals surface area contributed by atoms with Gasteiger partial charge in [0.25, 0.3) is 17.4 Å². The summed E-state index contributed by atoms with van der Waals surface area (Å²) in [6.07, 6.45) is 0.